The lowest BCUT2D eigenvalue weighted by Gasteiger charge is -2.08. The quantitative estimate of drug-likeness (QED) is 0.735. The van der Waals surface area contributed by atoms with Crippen molar-refractivity contribution in [3.05, 3.63) is 56.7 Å². The molecule has 0 fully saturated rings. The predicted molar refractivity (Wildman–Crippen MR) is 88.5 cm³/mol. The maximum atomic E-state index is 11.8. The van der Waals surface area contributed by atoms with Gasteiger partial charge in [-0.3, -0.25) is 25.2 Å². The molecule has 120 valence electrons. The van der Waals surface area contributed by atoms with E-state index in [4.69, 9.17) is 11.6 Å². The van der Waals surface area contributed by atoms with Crippen LogP contribution < -0.4 is 16.2 Å². The summed E-state index contributed by atoms with van der Waals surface area (Å²) in [4.78, 5) is 36.8. The Balaban J connectivity index is 1.78. The van der Waals surface area contributed by atoms with Crippen LogP contribution >= 0.6 is 22.9 Å². The molecule has 1 aromatic heterocycles. The molecule has 0 spiro atoms. The largest absolute Gasteiger partial charge is 0.342 e. The van der Waals surface area contributed by atoms with Crippen molar-refractivity contribution in [1.82, 2.24) is 16.2 Å². The summed E-state index contributed by atoms with van der Waals surface area (Å²) < 4.78 is 0. The first-order chi connectivity index (χ1) is 11.0. The minimum absolute atomic E-state index is 0.243. The number of nitrogens with one attached hydrogen (secondary N) is 3. The third-order valence-electron chi connectivity index (χ3n) is 2.81. The first kappa shape index (κ1) is 17.0. The molecule has 23 heavy (non-hydrogen) atoms. The van der Waals surface area contributed by atoms with E-state index in [0.717, 1.165) is 4.88 Å². The maximum absolute atomic E-state index is 11.8. The van der Waals surface area contributed by atoms with Crippen LogP contribution in [0.25, 0.3) is 0 Å². The van der Waals surface area contributed by atoms with Crippen LogP contribution in [0.4, 0.5) is 0 Å². The van der Waals surface area contributed by atoms with Crippen LogP contribution in [0.2, 0.25) is 5.02 Å². The summed E-state index contributed by atoms with van der Waals surface area (Å²) in [6.07, 6.45) is 0. The van der Waals surface area contributed by atoms with Crippen molar-refractivity contribution >= 4 is 40.7 Å². The number of amides is 3. The van der Waals surface area contributed by atoms with Crippen molar-refractivity contribution in [2.24, 2.45) is 0 Å². The molecule has 0 unspecified atom stereocenters. The van der Waals surface area contributed by atoms with E-state index in [-0.39, 0.29) is 23.0 Å². The van der Waals surface area contributed by atoms with E-state index in [1.165, 1.54) is 17.4 Å². The Bertz CT molecular complexity index is 745. The van der Waals surface area contributed by atoms with Gasteiger partial charge >= 0.3 is 0 Å². The molecule has 0 bridgehead atoms. The number of carbonyl (C=O) groups is 3. The lowest BCUT2D eigenvalue weighted by Crippen LogP contribution is -2.46. The fraction of sp³-hybridized carbons (Fsp3) is 0.133. The molecule has 1 heterocycles. The summed E-state index contributed by atoms with van der Waals surface area (Å²) in [7, 11) is 0. The van der Waals surface area contributed by atoms with Gasteiger partial charge in [-0.15, -0.1) is 11.3 Å². The van der Waals surface area contributed by atoms with Crippen molar-refractivity contribution in [3.63, 3.8) is 0 Å². The van der Waals surface area contributed by atoms with Crippen LogP contribution in [0, 0.1) is 6.92 Å². The van der Waals surface area contributed by atoms with Crippen LogP contribution in [0.5, 0.6) is 0 Å². The number of hydrogen-bond donors (Lipinski definition) is 3. The van der Waals surface area contributed by atoms with Gasteiger partial charge in [0.1, 0.15) is 0 Å². The molecule has 3 N–H and O–H groups in total. The minimum atomic E-state index is -0.549. The summed E-state index contributed by atoms with van der Waals surface area (Å²) in [5.74, 6) is -1.42. The number of hydrogen-bond acceptors (Lipinski definition) is 4. The zero-order valence-corrected chi connectivity index (χ0v) is 13.8. The van der Waals surface area contributed by atoms with Gasteiger partial charge in [0.05, 0.1) is 22.0 Å². The van der Waals surface area contributed by atoms with Crippen LogP contribution in [0.15, 0.2) is 36.4 Å². The fourth-order valence-electron chi connectivity index (χ4n) is 1.69. The van der Waals surface area contributed by atoms with Gasteiger partial charge in [-0.1, -0.05) is 23.7 Å². The van der Waals surface area contributed by atoms with Gasteiger partial charge in [0.25, 0.3) is 17.7 Å². The molecule has 6 nitrogen and oxygen atoms in total. The lowest BCUT2D eigenvalue weighted by molar-refractivity contribution is -0.120. The van der Waals surface area contributed by atoms with Gasteiger partial charge in [-0.25, -0.2) is 0 Å². The Labute approximate surface area is 141 Å². The molecule has 0 aliphatic heterocycles. The van der Waals surface area contributed by atoms with E-state index in [0.29, 0.717) is 4.88 Å². The zero-order valence-electron chi connectivity index (χ0n) is 12.2. The Morgan fingerprint density at radius 2 is 1.78 bits per heavy atom. The molecule has 3 amide bonds. The average molecular weight is 352 g/mol. The Hall–Kier alpha value is -2.38. The molecule has 0 radical (unpaired) electrons. The van der Waals surface area contributed by atoms with Crippen molar-refractivity contribution < 1.29 is 14.4 Å². The van der Waals surface area contributed by atoms with Gasteiger partial charge in [-0.05, 0) is 31.2 Å². The standard InChI is InChI=1S/C15H14ClN3O3S/c1-9-6-7-12(23-9)15(22)17-8-13(20)18-19-14(21)10-4-2-3-5-11(10)16/h2-7H,8H2,1H3,(H,17,22)(H,18,20)(H,19,21). The molecule has 1 aromatic carbocycles. The van der Waals surface area contributed by atoms with Gasteiger partial charge in [-0.2, -0.15) is 0 Å². The molecular formula is C15H14ClN3O3S. The highest BCUT2D eigenvalue weighted by Gasteiger charge is 2.12. The monoisotopic (exact) mass is 351 g/mol. The highest BCUT2D eigenvalue weighted by Crippen LogP contribution is 2.15. The van der Waals surface area contributed by atoms with Crippen LogP contribution in [-0.4, -0.2) is 24.3 Å². The highest BCUT2D eigenvalue weighted by atomic mass is 35.5. The van der Waals surface area contributed by atoms with Gasteiger partial charge < -0.3 is 5.32 Å². The zero-order chi connectivity index (χ0) is 16.8. The molecule has 8 heteroatoms. The second-order valence-corrected chi connectivity index (χ2v) is 6.27. The Kier molecular flexibility index (Phi) is 5.72. The third-order valence-corrected chi connectivity index (χ3v) is 4.14. The lowest BCUT2D eigenvalue weighted by atomic mass is 10.2. The highest BCUT2D eigenvalue weighted by molar-refractivity contribution is 7.13. The van der Waals surface area contributed by atoms with Gasteiger partial charge in [0, 0.05) is 4.88 Å². The number of carbonyl (C=O) groups excluding carboxylic acids is 3. The number of rotatable bonds is 4. The van der Waals surface area contributed by atoms with Gasteiger partial charge in [0.15, 0.2) is 0 Å². The summed E-state index contributed by atoms with van der Waals surface area (Å²) in [6, 6.07) is 9.97. The van der Waals surface area contributed by atoms with Crippen molar-refractivity contribution in [1.29, 1.82) is 0 Å². The molecule has 0 saturated heterocycles. The number of aryl methyl sites for hydroxylation is 1. The van der Waals surface area contributed by atoms with Crippen LogP contribution in [0.1, 0.15) is 24.9 Å². The topological polar surface area (TPSA) is 87.3 Å². The Morgan fingerprint density at radius 1 is 1.04 bits per heavy atom. The SMILES string of the molecule is Cc1ccc(C(=O)NCC(=O)NNC(=O)c2ccccc2Cl)s1. The van der Waals surface area contributed by atoms with E-state index in [2.05, 4.69) is 16.2 Å². The molecule has 0 atom stereocenters. The molecule has 0 saturated carbocycles. The van der Waals surface area contributed by atoms with E-state index in [1.807, 2.05) is 13.0 Å². The second kappa shape index (κ2) is 7.75. The summed E-state index contributed by atoms with van der Waals surface area (Å²) in [6.45, 7) is 1.64. The van der Waals surface area contributed by atoms with Crippen molar-refractivity contribution in [3.8, 4) is 0 Å². The number of benzene rings is 1. The molecule has 2 aromatic rings. The normalized spacial score (nSPS) is 10.0. The van der Waals surface area contributed by atoms with Crippen molar-refractivity contribution in [2.45, 2.75) is 6.92 Å². The van der Waals surface area contributed by atoms with E-state index in [9.17, 15) is 14.4 Å². The van der Waals surface area contributed by atoms with E-state index in [1.54, 1.807) is 24.3 Å². The van der Waals surface area contributed by atoms with E-state index >= 15 is 0 Å². The second-order valence-electron chi connectivity index (χ2n) is 4.58. The average Bonchev–Trinajstić information content (AvgIpc) is 2.97. The summed E-state index contributed by atoms with van der Waals surface area (Å²) in [5, 5.41) is 2.75. The maximum Gasteiger partial charge on any atom is 0.271 e. The van der Waals surface area contributed by atoms with Gasteiger partial charge in [0.2, 0.25) is 0 Å². The summed E-state index contributed by atoms with van der Waals surface area (Å²) >= 11 is 7.21. The number of thiophene rings is 1. The first-order valence-electron chi connectivity index (χ1n) is 6.65. The van der Waals surface area contributed by atoms with Crippen LogP contribution in [0.3, 0.4) is 0 Å². The van der Waals surface area contributed by atoms with E-state index < -0.39 is 11.8 Å². The summed E-state index contributed by atoms with van der Waals surface area (Å²) in [5.41, 5.74) is 4.69. The van der Waals surface area contributed by atoms with Crippen molar-refractivity contribution in [2.75, 3.05) is 6.54 Å². The number of hydrazine groups is 1. The molecule has 0 aliphatic carbocycles. The molecule has 2 rings (SSSR count). The Morgan fingerprint density at radius 3 is 2.43 bits per heavy atom. The predicted octanol–water partition coefficient (Wildman–Crippen LogP) is 1.90. The third kappa shape index (κ3) is 4.80. The van der Waals surface area contributed by atoms with Crippen LogP contribution in [-0.2, 0) is 4.79 Å². The minimum Gasteiger partial charge on any atom is -0.342 e. The fourth-order valence-corrected chi connectivity index (χ4v) is 2.69. The molecular weight excluding hydrogens is 338 g/mol. The molecule has 0 aliphatic rings. The number of halogens is 1. The smallest absolute Gasteiger partial charge is 0.271 e. The first-order valence-corrected chi connectivity index (χ1v) is 7.85.